The molecule has 0 aliphatic heterocycles. The van der Waals surface area contributed by atoms with Crippen LogP contribution in [0, 0.1) is 0 Å². The van der Waals surface area contributed by atoms with Crippen molar-refractivity contribution in [3.05, 3.63) is 68.2 Å². The van der Waals surface area contributed by atoms with Crippen LogP contribution in [0.5, 0.6) is 0 Å². The zero-order chi connectivity index (χ0) is 18.2. The summed E-state index contributed by atoms with van der Waals surface area (Å²) in [7, 11) is 1.57. The van der Waals surface area contributed by atoms with Crippen molar-refractivity contribution >= 4 is 5.91 Å². The van der Waals surface area contributed by atoms with Crippen molar-refractivity contribution in [2.24, 2.45) is 0 Å². The molecule has 0 bridgehead atoms. The molecule has 0 radical (unpaired) electrons. The summed E-state index contributed by atoms with van der Waals surface area (Å²) in [6, 6.07) is 10.3. The van der Waals surface area contributed by atoms with Gasteiger partial charge in [-0.05, 0) is 17.5 Å². The van der Waals surface area contributed by atoms with E-state index in [2.05, 4.69) is 12.0 Å². The van der Waals surface area contributed by atoms with Gasteiger partial charge in [-0.15, -0.1) is 0 Å². The number of ether oxygens (including phenoxy) is 1. The second-order valence-corrected chi connectivity index (χ2v) is 5.71. The number of amides is 1. The molecule has 1 amide bonds. The molecule has 0 fully saturated rings. The van der Waals surface area contributed by atoms with Crippen LogP contribution in [0.3, 0.4) is 0 Å². The molecule has 1 aromatic carbocycles. The molecule has 1 heterocycles. The number of hydrogen-bond acceptors (Lipinski definition) is 4. The molecule has 7 nitrogen and oxygen atoms in total. The molecule has 1 N–H and O–H groups in total. The predicted octanol–water partition coefficient (Wildman–Crippen LogP) is 0.774. The molecular formula is C18H23N3O4. The van der Waals surface area contributed by atoms with E-state index >= 15 is 0 Å². The molecule has 2 aromatic rings. The van der Waals surface area contributed by atoms with Crippen molar-refractivity contribution in [1.82, 2.24) is 14.7 Å². The quantitative estimate of drug-likeness (QED) is 0.766. The lowest BCUT2D eigenvalue weighted by atomic mass is 10.1. The van der Waals surface area contributed by atoms with E-state index in [0.29, 0.717) is 19.7 Å². The van der Waals surface area contributed by atoms with Crippen LogP contribution in [0.25, 0.3) is 0 Å². The van der Waals surface area contributed by atoms with Crippen LogP contribution in [0.15, 0.2) is 46.0 Å². The van der Waals surface area contributed by atoms with Gasteiger partial charge in [-0.1, -0.05) is 31.2 Å². The van der Waals surface area contributed by atoms with E-state index < -0.39 is 11.1 Å². The molecular weight excluding hydrogens is 322 g/mol. The molecule has 1 aromatic heterocycles. The third-order valence-corrected chi connectivity index (χ3v) is 3.90. The molecule has 0 saturated carbocycles. The van der Waals surface area contributed by atoms with Gasteiger partial charge < -0.3 is 9.64 Å². The number of benzene rings is 1. The summed E-state index contributed by atoms with van der Waals surface area (Å²) in [5, 5.41) is 2.37. The van der Waals surface area contributed by atoms with Crippen molar-refractivity contribution in [3.8, 4) is 0 Å². The van der Waals surface area contributed by atoms with Crippen LogP contribution in [0.1, 0.15) is 18.1 Å². The van der Waals surface area contributed by atoms with Crippen molar-refractivity contribution < 1.29 is 9.53 Å². The number of carbonyl (C=O) groups excluding carboxylic acids is 1. The summed E-state index contributed by atoms with van der Waals surface area (Å²) in [4.78, 5) is 37.3. The zero-order valence-corrected chi connectivity index (χ0v) is 14.5. The number of methoxy groups -OCH3 is 1. The van der Waals surface area contributed by atoms with E-state index in [9.17, 15) is 14.4 Å². The van der Waals surface area contributed by atoms with Gasteiger partial charge in [0.25, 0.3) is 11.1 Å². The fourth-order valence-corrected chi connectivity index (χ4v) is 2.41. The lowest BCUT2D eigenvalue weighted by molar-refractivity contribution is -0.133. The highest BCUT2D eigenvalue weighted by molar-refractivity contribution is 5.75. The normalized spacial score (nSPS) is 10.6. The number of carbonyl (C=O) groups is 1. The van der Waals surface area contributed by atoms with E-state index in [1.807, 2.05) is 24.3 Å². The van der Waals surface area contributed by atoms with Gasteiger partial charge in [0.05, 0.1) is 6.61 Å². The summed E-state index contributed by atoms with van der Waals surface area (Å²) >= 11 is 0. The monoisotopic (exact) mass is 345 g/mol. The van der Waals surface area contributed by atoms with Crippen molar-refractivity contribution in [2.45, 2.75) is 26.4 Å². The molecule has 134 valence electrons. The number of hydrogen-bond donors (Lipinski definition) is 1. The molecule has 0 aliphatic rings. The molecule has 0 spiro atoms. The van der Waals surface area contributed by atoms with Gasteiger partial charge in [-0.3, -0.25) is 19.5 Å². The molecule has 0 saturated heterocycles. The number of nitrogens with one attached hydrogen (secondary N) is 1. The highest BCUT2D eigenvalue weighted by Crippen LogP contribution is 2.09. The van der Waals surface area contributed by atoms with Crippen LogP contribution in [0.4, 0.5) is 0 Å². The highest BCUT2D eigenvalue weighted by Gasteiger charge is 2.15. The van der Waals surface area contributed by atoms with Crippen LogP contribution in [-0.4, -0.2) is 40.8 Å². The Morgan fingerprint density at radius 2 is 1.80 bits per heavy atom. The Balaban J connectivity index is 2.14. The minimum atomic E-state index is -0.425. The molecule has 0 aliphatic carbocycles. The van der Waals surface area contributed by atoms with Crippen LogP contribution in [-0.2, 0) is 29.0 Å². The topological polar surface area (TPSA) is 84.4 Å². The highest BCUT2D eigenvalue weighted by atomic mass is 16.5. The average molecular weight is 345 g/mol. The summed E-state index contributed by atoms with van der Waals surface area (Å²) in [6.07, 6.45) is 0.955. The molecule has 0 unspecified atom stereocenters. The Bertz CT molecular complexity index is 808. The maximum absolute atomic E-state index is 12.6. The fraction of sp³-hybridized carbons (Fsp3) is 0.389. The summed E-state index contributed by atoms with van der Waals surface area (Å²) < 4.78 is 6.09. The van der Waals surface area contributed by atoms with Gasteiger partial charge >= 0.3 is 0 Å². The first-order valence-electron chi connectivity index (χ1n) is 8.18. The van der Waals surface area contributed by atoms with Crippen molar-refractivity contribution in [3.63, 3.8) is 0 Å². The standard InChI is InChI=1S/C18H23N3O4/c1-3-14-4-6-15(7-5-14)12-20(10-11-25-2)18(24)13-21-17(23)9-8-16(22)19-21/h4-9H,3,10-13H2,1-2H3,(H,19,22). The Morgan fingerprint density at radius 1 is 1.12 bits per heavy atom. The average Bonchev–Trinajstić information content (AvgIpc) is 2.62. The van der Waals surface area contributed by atoms with E-state index in [-0.39, 0.29) is 12.5 Å². The van der Waals surface area contributed by atoms with Gasteiger partial charge in [-0.25, -0.2) is 4.68 Å². The van der Waals surface area contributed by atoms with Gasteiger partial charge in [0.1, 0.15) is 6.54 Å². The number of aryl methyl sites for hydroxylation is 1. The van der Waals surface area contributed by atoms with E-state index in [1.165, 1.54) is 5.56 Å². The van der Waals surface area contributed by atoms with Gasteiger partial charge in [0.2, 0.25) is 5.91 Å². The van der Waals surface area contributed by atoms with Gasteiger partial charge in [-0.2, -0.15) is 0 Å². The lowest BCUT2D eigenvalue weighted by Crippen LogP contribution is -2.39. The maximum Gasteiger partial charge on any atom is 0.265 e. The lowest BCUT2D eigenvalue weighted by Gasteiger charge is -2.23. The first kappa shape index (κ1) is 18.7. The number of aromatic nitrogens is 2. The Morgan fingerprint density at radius 3 is 2.44 bits per heavy atom. The predicted molar refractivity (Wildman–Crippen MR) is 94.4 cm³/mol. The molecule has 25 heavy (non-hydrogen) atoms. The van der Waals surface area contributed by atoms with E-state index in [0.717, 1.165) is 28.8 Å². The number of aromatic amines is 1. The molecule has 0 atom stereocenters. The summed E-state index contributed by atoms with van der Waals surface area (Å²) in [5.74, 6) is -0.263. The summed E-state index contributed by atoms with van der Waals surface area (Å²) in [5.41, 5.74) is 1.38. The van der Waals surface area contributed by atoms with Crippen molar-refractivity contribution in [1.29, 1.82) is 0 Å². The second kappa shape index (κ2) is 8.98. The first-order chi connectivity index (χ1) is 12.0. The third-order valence-electron chi connectivity index (χ3n) is 3.90. The number of nitrogens with zero attached hydrogens (tertiary/aromatic N) is 2. The second-order valence-electron chi connectivity index (χ2n) is 5.71. The maximum atomic E-state index is 12.6. The van der Waals surface area contributed by atoms with Crippen molar-refractivity contribution in [2.75, 3.05) is 20.3 Å². The Hall–Kier alpha value is -2.67. The Labute approximate surface area is 145 Å². The SMILES string of the molecule is CCc1ccc(CN(CCOC)C(=O)Cn2[nH]c(=O)ccc2=O)cc1. The van der Waals surface area contributed by atoms with Crippen LogP contribution >= 0.6 is 0 Å². The summed E-state index contributed by atoms with van der Waals surface area (Å²) in [6.45, 7) is 3.07. The minimum absolute atomic E-state index is 0.217. The van der Waals surface area contributed by atoms with E-state index in [4.69, 9.17) is 4.74 Å². The Kier molecular flexibility index (Phi) is 6.71. The largest absolute Gasteiger partial charge is 0.383 e. The number of H-pyrrole nitrogens is 1. The smallest absolute Gasteiger partial charge is 0.265 e. The van der Waals surface area contributed by atoms with Gasteiger partial charge in [0.15, 0.2) is 0 Å². The minimum Gasteiger partial charge on any atom is -0.383 e. The third kappa shape index (κ3) is 5.42. The number of rotatable bonds is 8. The van der Waals surface area contributed by atoms with Crippen LogP contribution in [0.2, 0.25) is 0 Å². The fourth-order valence-electron chi connectivity index (χ4n) is 2.41. The molecule has 2 rings (SSSR count). The zero-order valence-electron chi connectivity index (χ0n) is 14.5. The molecule has 7 heteroatoms. The first-order valence-corrected chi connectivity index (χ1v) is 8.18. The van der Waals surface area contributed by atoms with E-state index in [1.54, 1.807) is 12.0 Å². The van der Waals surface area contributed by atoms with Gasteiger partial charge in [0, 0.05) is 32.3 Å². The van der Waals surface area contributed by atoms with Crippen LogP contribution < -0.4 is 11.1 Å².